The molecule has 1 aromatic carbocycles. The summed E-state index contributed by atoms with van der Waals surface area (Å²) in [6.07, 6.45) is 0. The standard InChI is InChI=1S/C16H19N3OS/c1-9(2)12-8-21-15(17-12)11-6-5-7-13-14(11)18-16(20)19(13)10(3)4/h5-10H,1-4H3,(H,18,20). The quantitative estimate of drug-likeness (QED) is 0.789. The SMILES string of the molecule is CC(C)c1csc(-c2cccc3c2[nH]c(=O)n3C(C)C)n1. The van der Waals surface area contributed by atoms with Gasteiger partial charge < -0.3 is 4.98 Å². The number of hydrogen-bond donors (Lipinski definition) is 1. The zero-order valence-electron chi connectivity index (χ0n) is 12.7. The molecule has 0 unspecified atom stereocenters. The Hall–Kier alpha value is -1.88. The number of imidazole rings is 1. The van der Waals surface area contributed by atoms with Crippen molar-refractivity contribution in [2.45, 2.75) is 39.7 Å². The average Bonchev–Trinajstić information content (AvgIpc) is 3.00. The molecule has 2 heterocycles. The minimum Gasteiger partial charge on any atom is -0.305 e. The number of aromatic amines is 1. The number of fused-ring (bicyclic) bond motifs is 1. The fourth-order valence-electron chi connectivity index (χ4n) is 2.51. The van der Waals surface area contributed by atoms with Gasteiger partial charge in [0.25, 0.3) is 0 Å². The molecule has 2 aromatic heterocycles. The molecule has 0 spiro atoms. The Morgan fingerprint density at radius 3 is 2.62 bits per heavy atom. The highest BCUT2D eigenvalue weighted by atomic mass is 32.1. The van der Waals surface area contributed by atoms with Gasteiger partial charge >= 0.3 is 5.69 Å². The smallest absolute Gasteiger partial charge is 0.305 e. The van der Waals surface area contributed by atoms with Crippen LogP contribution in [0.3, 0.4) is 0 Å². The van der Waals surface area contributed by atoms with E-state index in [4.69, 9.17) is 4.98 Å². The average molecular weight is 301 g/mol. The highest BCUT2D eigenvalue weighted by Crippen LogP contribution is 2.31. The van der Waals surface area contributed by atoms with Gasteiger partial charge in [0, 0.05) is 17.0 Å². The lowest BCUT2D eigenvalue weighted by Gasteiger charge is -2.07. The van der Waals surface area contributed by atoms with Gasteiger partial charge in [0.1, 0.15) is 5.01 Å². The molecule has 0 aliphatic carbocycles. The summed E-state index contributed by atoms with van der Waals surface area (Å²) >= 11 is 1.63. The Balaban J connectivity index is 2.23. The first-order chi connectivity index (χ1) is 9.99. The molecule has 3 rings (SSSR count). The number of nitrogens with zero attached hydrogens (tertiary/aromatic N) is 2. The minimum atomic E-state index is -0.0620. The largest absolute Gasteiger partial charge is 0.326 e. The zero-order valence-corrected chi connectivity index (χ0v) is 13.5. The van der Waals surface area contributed by atoms with Gasteiger partial charge in [0.05, 0.1) is 16.7 Å². The van der Waals surface area contributed by atoms with E-state index >= 15 is 0 Å². The third-order valence-corrected chi connectivity index (χ3v) is 4.51. The highest BCUT2D eigenvalue weighted by Gasteiger charge is 2.15. The summed E-state index contributed by atoms with van der Waals surface area (Å²) in [5, 5.41) is 3.05. The van der Waals surface area contributed by atoms with Crippen molar-refractivity contribution in [2.75, 3.05) is 0 Å². The van der Waals surface area contributed by atoms with Crippen LogP contribution in [0.15, 0.2) is 28.4 Å². The predicted octanol–water partition coefficient (Wildman–Crippen LogP) is 4.16. The molecule has 0 amide bonds. The molecule has 0 bridgehead atoms. The first kappa shape index (κ1) is 14.1. The first-order valence-electron chi connectivity index (χ1n) is 7.18. The molecule has 0 saturated carbocycles. The molecule has 0 saturated heterocycles. The van der Waals surface area contributed by atoms with Crippen molar-refractivity contribution in [2.24, 2.45) is 0 Å². The van der Waals surface area contributed by atoms with Crippen LogP contribution in [0.5, 0.6) is 0 Å². The van der Waals surface area contributed by atoms with E-state index in [9.17, 15) is 4.79 Å². The van der Waals surface area contributed by atoms with E-state index in [0.717, 1.165) is 27.3 Å². The molecule has 0 fully saturated rings. The second kappa shape index (κ2) is 5.15. The Kier molecular flexibility index (Phi) is 3.45. The topological polar surface area (TPSA) is 50.7 Å². The summed E-state index contributed by atoms with van der Waals surface area (Å²) in [6.45, 7) is 8.30. The van der Waals surface area contributed by atoms with Crippen molar-refractivity contribution in [3.8, 4) is 10.6 Å². The Morgan fingerprint density at radius 2 is 2.00 bits per heavy atom. The van der Waals surface area contributed by atoms with Crippen molar-refractivity contribution < 1.29 is 0 Å². The van der Waals surface area contributed by atoms with Gasteiger partial charge in [-0.2, -0.15) is 0 Å². The number of hydrogen-bond acceptors (Lipinski definition) is 3. The third kappa shape index (κ3) is 2.31. The number of thiazole rings is 1. The van der Waals surface area contributed by atoms with E-state index in [-0.39, 0.29) is 11.7 Å². The maximum Gasteiger partial charge on any atom is 0.326 e. The van der Waals surface area contributed by atoms with Crippen LogP contribution in [0.4, 0.5) is 0 Å². The second-order valence-corrected chi connectivity index (χ2v) is 6.68. The summed E-state index contributed by atoms with van der Waals surface area (Å²) in [5.74, 6) is 0.411. The van der Waals surface area contributed by atoms with E-state index in [2.05, 4.69) is 24.2 Å². The van der Waals surface area contributed by atoms with Crippen molar-refractivity contribution in [3.63, 3.8) is 0 Å². The van der Waals surface area contributed by atoms with Gasteiger partial charge in [0.15, 0.2) is 0 Å². The fourth-order valence-corrected chi connectivity index (χ4v) is 3.53. The van der Waals surface area contributed by atoms with Gasteiger partial charge in [-0.3, -0.25) is 4.57 Å². The third-order valence-electron chi connectivity index (χ3n) is 3.61. The van der Waals surface area contributed by atoms with E-state index in [0.29, 0.717) is 5.92 Å². The summed E-state index contributed by atoms with van der Waals surface area (Å²) in [6, 6.07) is 6.11. The molecule has 0 aliphatic heterocycles. The maximum absolute atomic E-state index is 12.2. The van der Waals surface area contributed by atoms with Gasteiger partial charge in [-0.25, -0.2) is 9.78 Å². The van der Waals surface area contributed by atoms with Crippen molar-refractivity contribution in [3.05, 3.63) is 39.8 Å². The van der Waals surface area contributed by atoms with Gasteiger partial charge in [-0.1, -0.05) is 19.9 Å². The van der Waals surface area contributed by atoms with Crippen LogP contribution in [0, 0.1) is 0 Å². The van der Waals surface area contributed by atoms with E-state index in [1.165, 1.54) is 0 Å². The lowest BCUT2D eigenvalue weighted by molar-refractivity contribution is 0.598. The molecular weight excluding hydrogens is 282 g/mol. The van der Waals surface area contributed by atoms with E-state index in [1.807, 2.05) is 32.0 Å². The van der Waals surface area contributed by atoms with E-state index < -0.39 is 0 Å². The number of nitrogens with one attached hydrogen (secondary N) is 1. The highest BCUT2D eigenvalue weighted by molar-refractivity contribution is 7.13. The predicted molar refractivity (Wildman–Crippen MR) is 88.1 cm³/mol. The molecule has 110 valence electrons. The molecule has 5 heteroatoms. The monoisotopic (exact) mass is 301 g/mol. The molecule has 0 aliphatic rings. The number of H-pyrrole nitrogens is 1. The lowest BCUT2D eigenvalue weighted by atomic mass is 10.1. The maximum atomic E-state index is 12.2. The van der Waals surface area contributed by atoms with Crippen molar-refractivity contribution in [1.29, 1.82) is 0 Å². The molecule has 21 heavy (non-hydrogen) atoms. The van der Waals surface area contributed by atoms with Gasteiger partial charge in [0.2, 0.25) is 0 Å². The molecular formula is C16H19N3OS. The fraction of sp³-hybridized carbons (Fsp3) is 0.375. The minimum absolute atomic E-state index is 0.0620. The molecule has 3 aromatic rings. The Labute approximate surface area is 127 Å². The Bertz CT molecular complexity index is 839. The van der Waals surface area contributed by atoms with E-state index in [1.54, 1.807) is 15.9 Å². The van der Waals surface area contributed by atoms with Crippen molar-refractivity contribution >= 4 is 22.4 Å². The number of para-hydroxylation sites is 1. The zero-order chi connectivity index (χ0) is 15.1. The normalized spacial score (nSPS) is 11.9. The summed E-state index contributed by atoms with van der Waals surface area (Å²) in [5.41, 5.74) is 3.85. The summed E-state index contributed by atoms with van der Waals surface area (Å²) in [7, 11) is 0. The van der Waals surface area contributed by atoms with Gasteiger partial charge in [-0.15, -0.1) is 11.3 Å². The van der Waals surface area contributed by atoms with Crippen LogP contribution in [0.25, 0.3) is 21.6 Å². The van der Waals surface area contributed by atoms with Crippen LogP contribution in [0.2, 0.25) is 0 Å². The number of benzene rings is 1. The van der Waals surface area contributed by atoms with Crippen LogP contribution in [-0.4, -0.2) is 14.5 Å². The lowest BCUT2D eigenvalue weighted by Crippen LogP contribution is -2.18. The van der Waals surface area contributed by atoms with Crippen LogP contribution >= 0.6 is 11.3 Å². The van der Waals surface area contributed by atoms with Crippen LogP contribution < -0.4 is 5.69 Å². The van der Waals surface area contributed by atoms with Crippen LogP contribution in [0.1, 0.15) is 45.3 Å². The molecule has 1 N–H and O–H groups in total. The molecule has 4 nitrogen and oxygen atoms in total. The van der Waals surface area contributed by atoms with Crippen molar-refractivity contribution in [1.82, 2.24) is 14.5 Å². The van der Waals surface area contributed by atoms with Gasteiger partial charge in [-0.05, 0) is 31.9 Å². The number of aromatic nitrogens is 3. The summed E-state index contributed by atoms with van der Waals surface area (Å²) < 4.78 is 1.79. The van der Waals surface area contributed by atoms with Crippen LogP contribution in [-0.2, 0) is 0 Å². The molecule has 0 radical (unpaired) electrons. The Morgan fingerprint density at radius 1 is 1.24 bits per heavy atom. The number of rotatable bonds is 3. The first-order valence-corrected chi connectivity index (χ1v) is 8.06. The molecule has 0 atom stereocenters. The second-order valence-electron chi connectivity index (χ2n) is 5.83. The summed E-state index contributed by atoms with van der Waals surface area (Å²) in [4.78, 5) is 19.9.